The SMILES string of the molecule is CCCCCCCNCCNC. The van der Waals surface area contributed by atoms with Crippen molar-refractivity contribution in [3.8, 4) is 0 Å². The number of hydrogen-bond donors (Lipinski definition) is 2. The summed E-state index contributed by atoms with van der Waals surface area (Å²) in [5.41, 5.74) is 0. The number of likely N-dealkylation sites (N-methyl/N-ethyl adjacent to an activating group) is 1. The monoisotopic (exact) mass is 172 g/mol. The number of hydrogen-bond acceptors (Lipinski definition) is 2. The lowest BCUT2D eigenvalue weighted by Crippen LogP contribution is -2.25. The third-order valence-corrected chi connectivity index (χ3v) is 2.01. The third-order valence-electron chi connectivity index (χ3n) is 2.01. The average Bonchev–Trinajstić information content (AvgIpc) is 2.10. The molecular weight excluding hydrogens is 148 g/mol. The van der Waals surface area contributed by atoms with Crippen LogP contribution in [0.2, 0.25) is 0 Å². The summed E-state index contributed by atoms with van der Waals surface area (Å²) >= 11 is 0. The first kappa shape index (κ1) is 11.9. The van der Waals surface area contributed by atoms with Gasteiger partial charge in [-0.15, -0.1) is 0 Å². The van der Waals surface area contributed by atoms with Crippen LogP contribution in [-0.4, -0.2) is 26.7 Å². The van der Waals surface area contributed by atoms with Crippen LogP contribution >= 0.6 is 0 Å². The topological polar surface area (TPSA) is 24.1 Å². The predicted octanol–water partition coefficient (Wildman–Crippen LogP) is 1.77. The molecule has 0 saturated carbocycles. The summed E-state index contributed by atoms with van der Waals surface area (Å²) in [4.78, 5) is 0. The van der Waals surface area contributed by atoms with Crippen LogP contribution in [0, 0.1) is 0 Å². The van der Waals surface area contributed by atoms with Crippen molar-refractivity contribution in [2.24, 2.45) is 0 Å². The molecule has 0 fully saturated rings. The van der Waals surface area contributed by atoms with Crippen LogP contribution in [0.15, 0.2) is 0 Å². The molecule has 0 atom stereocenters. The van der Waals surface area contributed by atoms with Crippen LogP contribution in [0.25, 0.3) is 0 Å². The summed E-state index contributed by atoms with van der Waals surface area (Å²) in [6, 6.07) is 0. The Balaban J connectivity index is 2.73. The maximum absolute atomic E-state index is 3.40. The summed E-state index contributed by atoms with van der Waals surface area (Å²) in [5.74, 6) is 0. The predicted molar refractivity (Wildman–Crippen MR) is 55.6 cm³/mol. The Kier molecular flexibility index (Phi) is 10.8. The van der Waals surface area contributed by atoms with Gasteiger partial charge in [-0.25, -0.2) is 0 Å². The molecule has 2 nitrogen and oxygen atoms in total. The lowest BCUT2D eigenvalue weighted by molar-refractivity contribution is 0.576. The third kappa shape index (κ3) is 9.92. The summed E-state index contributed by atoms with van der Waals surface area (Å²) in [6.07, 6.45) is 6.87. The molecule has 0 bridgehead atoms. The van der Waals surface area contributed by atoms with Gasteiger partial charge in [0.15, 0.2) is 0 Å². The smallest absolute Gasteiger partial charge is 0.00766 e. The van der Waals surface area contributed by atoms with E-state index < -0.39 is 0 Å². The molecule has 0 aliphatic heterocycles. The van der Waals surface area contributed by atoms with Crippen molar-refractivity contribution < 1.29 is 0 Å². The highest BCUT2D eigenvalue weighted by atomic mass is 14.9. The molecule has 74 valence electrons. The van der Waals surface area contributed by atoms with Gasteiger partial charge >= 0.3 is 0 Å². The minimum absolute atomic E-state index is 1.08. The fraction of sp³-hybridized carbons (Fsp3) is 1.00. The quantitative estimate of drug-likeness (QED) is 0.518. The Bertz CT molecular complexity index is 64.2. The van der Waals surface area contributed by atoms with Crippen LogP contribution < -0.4 is 10.6 Å². The second-order valence-electron chi connectivity index (χ2n) is 3.27. The highest BCUT2D eigenvalue weighted by Crippen LogP contribution is 2.00. The van der Waals surface area contributed by atoms with Crippen LogP contribution in [0.5, 0.6) is 0 Å². The molecule has 0 spiro atoms. The van der Waals surface area contributed by atoms with E-state index in [9.17, 15) is 0 Å². The molecular formula is C10H24N2. The van der Waals surface area contributed by atoms with E-state index in [2.05, 4.69) is 17.6 Å². The summed E-state index contributed by atoms with van der Waals surface area (Å²) in [6.45, 7) is 5.62. The van der Waals surface area contributed by atoms with Crippen molar-refractivity contribution in [2.45, 2.75) is 39.0 Å². The van der Waals surface area contributed by atoms with Gasteiger partial charge in [-0.2, -0.15) is 0 Å². The number of rotatable bonds is 9. The van der Waals surface area contributed by atoms with E-state index in [1.54, 1.807) is 0 Å². The summed E-state index contributed by atoms with van der Waals surface area (Å²) < 4.78 is 0. The molecule has 0 saturated heterocycles. The minimum atomic E-state index is 1.08. The first-order valence-corrected chi connectivity index (χ1v) is 5.27. The van der Waals surface area contributed by atoms with Gasteiger partial charge in [-0.3, -0.25) is 0 Å². The van der Waals surface area contributed by atoms with Crippen molar-refractivity contribution in [1.29, 1.82) is 0 Å². The van der Waals surface area contributed by atoms with E-state index in [1.807, 2.05) is 7.05 Å². The molecule has 0 aromatic heterocycles. The van der Waals surface area contributed by atoms with Gasteiger partial charge < -0.3 is 10.6 Å². The molecule has 0 rings (SSSR count). The van der Waals surface area contributed by atoms with Crippen molar-refractivity contribution in [3.63, 3.8) is 0 Å². The maximum atomic E-state index is 3.40. The zero-order valence-electron chi connectivity index (χ0n) is 8.66. The van der Waals surface area contributed by atoms with Crippen molar-refractivity contribution >= 4 is 0 Å². The Hall–Kier alpha value is -0.0800. The molecule has 0 heterocycles. The Morgan fingerprint density at radius 1 is 0.833 bits per heavy atom. The van der Waals surface area contributed by atoms with Crippen molar-refractivity contribution in [2.75, 3.05) is 26.7 Å². The van der Waals surface area contributed by atoms with Crippen molar-refractivity contribution in [1.82, 2.24) is 10.6 Å². The molecule has 0 aliphatic carbocycles. The van der Waals surface area contributed by atoms with Crippen molar-refractivity contribution in [3.05, 3.63) is 0 Å². The first-order chi connectivity index (χ1) is 5.91. The summed E-state index contributed by atoms with van der Waals surface area (Å²) in [7, 11) is 1.99. The van der Waals surface area contributed by atoms with Gasteiger partial charge in [0.05, 0.1) is 0 Å². The van der Waals surface area contributed by atoms with Gasteiger partial charge in [-0.1, -0.05) is 32.6 Å². The van der Waals surface area contributed by atoms with E-state index in [1.165, 1.54) is 38.6 Å². The fourth-order valence-electron chi connectivity index (χ4n) is 1.19. The van der Waals surface area contributed by atoms with E-state index in [0.717, 1.165) is 13.1 Å². The largest absolute Gasteiger partial charge is 0.318 e. The lowest BCUT2D eigenvalue weighted by atomic mass is 10.1. The highest BCUT2D eigenvalue weighted by molar-refractivity contribution is 4.50. The van der Waals surface area contributed by atoms with E-state index in [-0.39, 0.29) is 0 Å². The van der Waals surface area contributed by atoms with Crippen LogP contribution in [0.4, 0.5) is 0 Å². The first-order valence-electron chi connectivity index (χ1n) is 5.27. The molecule has 2 heteroatoms. The molecule has 0 amide bonds. The molecule has 0 aromatic carbocycles. The van der Waals surface area contributed by atoms with Gasteiger partial charge in [0.2, 0.25) is 0 Å². The molecule has 0 unspecified atom stereocenters. The zero-order valence-corrected chi connectivity index (χ0v) is 8.66. The maximum Gasteiger partial charge on any atom is 0.00766 e. The second-order valence-corrected chi connectivity index (χ2v) is 3.27. The van der Waals surface area contributed by atoms with E-state index >= 15 is 0 Å². The zero-order chi connectivity index (χ0) is 9.07. The standard InChI is InChI=1S/C10H24N2/c1-3-4-5-6-7-8-12-10-9-11-2/h11-12H,3-10H2,1-2H3. The Morgan fingerprint density at radius 3 is 2.25 bits per heavy atom. The van der Waals surface area contributed by atoms with Crippen LogP contribution in [-0.2, 0) is 0 Å². The van der Waals surface area contributed by atoms with Gasteiger partial charge in [0, 0.05) is 13.1 Å². The lowest BCUT2D eigenvalue weighted by Gasteiger charge is -2.03. The molecule has 0 aliphatic rings. The van der Waals surface area contributed by atoms with Crippen LogP contribution in [0.3, 0.4) is 0 Å². The highest BCUT2D eigenvalue weighted by Gasteiger charge is 1.88. The van der Waals surface area contributed by atoms with Gasteiger partial charge in [-0.05, 0) is 20.0 Å². The van der Waals surface area contributed by atoms with E-state index in [0.29, 0.717) is 0 Å². The second kappa shape index (κ2) is 10.9. The molecule has 12 heavy (non-hydrogen) atoms. The number of nitrogens with one attached hydrogen (secondary N) is 2. The number of unbranched alkanes of at least 4 members (excludes halogenated alkanes) is 4. The Morgan fingerprint density at radius 2 is 1.58 bits per heavy atom. The minimum Gasteiger partial charge on any atom is -0.318 e. The molecule has 2 N–H and O–H groups in total. The average molecular weight is 172 g/mol. The van der Waals surface area contributed by atoms with Gasteiger partial charge in [0.25, 0.3) is 0 Å². The Labute approximate surface area is 77.1 Å². The van der Waals surface area contributed by atoms with E-state index in [4.69, 9.17) is 0 Å². The molecule has 0 aromatic rings. The normalized spacial score (nSPS) is 10.5. The molecule has 0 radical (unpaired) electrons. The summed E-state index contributed by atoms with van der Waals surface area (Å²) in [5, 5.41) is 6.52. The van der Waals surface area contributed by atoms with Crippen LogP contribution in [0.1, 0.15) is 39.0 Å². The van der Waals surface area contributed by atoms with Gasteiger partial charge in [0.1, 0.15) is 0 Å². The fourth-order valence-corrected chi connectivity index (χ4v) is 1.19.